The molecule has 0 aliphatic carbocycles. The average molecular weight is 327 g/mol. The van der Waals surface area contributed by atoms with E-state index in [2.05, 4.69) is 10.6 Å². The molecule has 0 spiro atoms. The van der Waals surface area contributed by atoms with Gasteiger partial charge in [-0.3, -0.25) is 14.4 Å². The van der Waals surface area contributed by atoms with Crippen molar-refractivity contribution in [2.24, 2.45) is 0 Å². The van der Waals surface area contributed by atoms with E-state index in [9.17, 15) is 14.4 Å². The molecule has 0 aliphatic rings. The first-order chi connectivity index (χ1) is 10.5. The van der Waals surface area contributed by atoms with Gasteiger partial charge in [0.1, 0.15) is 0 Å². The largest absolute Gasteiger partial charge is 0.455 e. The maximum atomic E-state index is 11.6. The number of hydrogen-bond donors (Lipinski definition) is 2. The third kappa shape index (κ3) is 7.64. The summed E-state index contributed by atoms with van der Waals surface area (Å²) in [5.74, 6) is -1.31. The monoisotopic (exact) mass is 326 g/mol. The zero-order valence-corrected chi connectivity index (χ0v) is 13.1. The van der Waals surface area contributed by atoms with Crippen LogP contribution in [0.25, 0.3) is 0 Å². The van der Waals surface area contributed by atoms with Crippen molar-refractivity contribution >= 4 is 29.4 Å². The highest BCUT2D eigenvalue weighted by Gasteiger charge is 2.09. The van der Waals surface area contributed by atoms with Gasteiger partial charge in [-0.15, -0.1) is 0 Å². The fourth-order valence-corrected chi connectivity index (χ4v) is 1.65. The summed E-state index contributed by atoms with van der Waals surface area (Å²) in [7, 11) is 0. The molecule has 0 unspecified atom stereocenters. The number of amides is 2. The van der Waals surface area contributed by atoms with Gasteiger partial charge in [-0.25, -0.2) is 0 Å². The van der Waals surface area contributed by atoms with Crippen LogP contribution in [0.15, 0.2) is 24.3 Å². The molecular formula is C15H19ClN2O4. The van der Waals surface area contributed by atoms with E-state index in [1.807, 2.05) is 6.92 Å². The summed E-state index contributed by atoms with van der Waals surface area (Å²) in [6.07, 6.45) is 0.878. The molecule has 0 saturated carbocycles. The Hall–Kier alpha value is -2.08. The summed E-state index contributed by atoms with van der Waals surface area (Å²) in [6, 6.07) is 6.76. The molecule has 1 aromatic carbocycles. The van der Waals surface area contributed by atoms with Gasteiger partial charge in [-0.1, -0.05) is 30.7 Å². The van der Waals surface area contributed by atoms with Crippen LogP contribution in [0.5, 0.6) is 0 Å². The van der Waals surface area contributed by atoms with Gasteiger partial charge in [0.15, 0.2) is 6.61 Å². The molecule has 0 aliphatic heterocycles. The van der Waals surface area contributed by atoms with Gasteiger partial charge >= 0.3 is 5.97 Å². The summed E-state index contributed by atoms with van der Waals surface area (Å²) in [5, 5.41) is 5.57. The number of halogens is 1. The second kappa shape index (κ2) is 9.78. The van der Waals surface area contributed by atoms with Crippen molar-refractivity contribution in [2.45, 2.75) is 19.8 Å². The van der Waals surface area contributed by atoms with Crippen molar-refractivity contribution in [1.82, 2.24) is 10.6 Å². The molecule has 2 amide bonds. The fourth-order valence-electron chi connectivity index (χ4n) is 1.52. The van der Waals surface area contributed by atoms with Crippen molar-refractivity contribution in [3.05, 3.63) is 34.9 Å². The first kappa shape index (κ1) is 18.0. The molecule has 0 saturated heterocycles. The normalized spacial score (nSPS) is 9.91. The van der Waals surface area contributed by atoms with Crippen LogP contribution in [0.2, 0.25) is 5.02 Å². The fraction of sp³-hybridized carbons (Fsp3) is 0.400. The lowest BCUT2D eigenvalue weighted by Crippen LogP contribution is -2.39. The van der Waals surface area contributed by atoms with Crippen LogP contribution in [-0.4, -0.2) is 37.5 Å². The summed E-state index contributed by atoms with van der Waals surface area (Å²) in [4.78, 5) is 34.3. The van der Waals surface area contributed by atoms with Crippen LogP contribution >= 0.6 is 11.6 Å². The molecule has 7 heteroatoms. The van der Waals surface area contributed by atoms with Crippen LogP contribution in [0, 0.1) is 0 Å². The lowest BCUT2D eigenvalue weighted by Gasteiger charge is -2.07. The first-order valence-electron chi connectivity index (χ1n) is 6.94. The average Bonchev–Trinajstić information content (AvgIpc) is 2.51. The molecular weight excluding hydrogens is 308 g/mol. The zero-order chi connectivity index (χ0) is 16.4. The number of ether oxygens (including phenoxy) is 1. The maximum absolute atomic E-state index is 11.6. The quantitative estimate of drug-likeness (QED) is 0.700. The van der Waals surface area contributed by atoms with E-state index in [4.69, 9.17) is 16.3 Å². The van der Waals surface area contributed by atoms with Crippen molar-refractivity contribution in [1.29, 1.82) is 0 Å². The standard InChI is InChI=1S/C15H19ClN2O4/c1-2-7-17-13(19)9-18-14(20)10-22-15(21)8-11-3-5-12(16)6-4-11/h3-6H,2,7-10H2,1H3,(H,17,19)(H,18,20). The van der Waals surface area contributed by atoms with E-state index in [1.54, 1.807) is 24.3 Å². The molecule has 0 fully saturated rings. The van der Waals surface area contributed by atoms with E-state index >= 15 is 0 Å². The molecule has 0 atom stereocenters. The smallest absolute Gasteiger partial charge is 0.310 e. The minimum Gasteiger partial charge on any atom is -0.455 e. The first-order valence-corrected chi connectivity index (χ1v) is 7.32. The summed E-state index contributed by atoms with van der Waals surface area (Å²) >= 11 is 5.74. The third-order valence-corrected chi connectivity index (χ3v) is 2.90. The molecule has 0 radical (unpaired) electrons. The molecule has 0 aromatic heterocycles. The van der Waals surface area contributed by atoms with Gasteiger partial charge < -0.3 is 15.4 Å². The zero-order valence-electron chi connectivity index (χ0n) is 12.4. The summed E-state index contributed by atoms with van der Waals surface area (Å²) in [6.45, 7) is 1.95. The highest BCUT2D eigenvalue weighted by Crippen LogP contribution is 2.10. The van der Waals surface area contributed by atoms with E-state index in [0.29, 0.717) is 11.6 Å². The molecule has 120 valence electrons. The second-order valence-electron chi connectivity index (χ2n) is 4.59. The van der Waals surface area contributed by atoms with Crippen molar-refractivity contribution in [3.8, 4) is 0 Å². The van der Waals surface area contributed by atoms with E-state index in [1.165, 1.54) is 0 Å². The van der Waals surface area contributed by atoms with E-state index in [0.717, 1.165) is 12.0 Å². The van der Waals surface area contributed by atoms with Crippen LogP contribution in [0.3, 0.4) is 0 Å². The van der Waals surface area contributed by atoms with E-state index < -0.39 is 18.5 Å². The van der Waals surface area contributed by atoms with Crippen LogP contribution in [0.4, 0.5) is 0 Å². The molecule has 6 nitrogen and oxygen atoms in total. The predicted octanol–water partition coefficient (Wildman–Crippen LogP) is 1.07. The second-order valence-corrected chi connectivity index (χ2v) is 5.03. The van der Waals surface area contributed by atoms with E-state index in [-0.39, 0.29) is 18.9 Å². The number of benzene rings is 1. The number of hydrogen-bond acceptors (Lipinski definition) is 4. The molecule has 22 heavy (non-hydrogen) atoms. The summed E-state index contributed by atoms with van der Waals surface area (Å²) in [5.41, 5.74) is 0.744. The highest BCUT2D eigenvalue weighted by atomic mass is 35.5. The SMILES string of the molecule is CCCNC(=O)CNC(=O)COC(=O)Cc1ccc(Cl)cc1. The Morgan fingerprint density at radius 3 is 2.41 bits per heavy atom. The van der Waals surface area contributed by atoms with Crippen molar-refractivity contribution < 1.29 is 19.1 Å². The molecule has 0 heterocycles. The number of nitrogens with one attached hydrogen (secondary N) is 2. The van der Waals surface area contributed by atoms with Gasteiger partial charge in [0.05, 0.1) is 13.0 Å². The minimum absolute atomic E-state index is 0.0570. The lowest BCUT2D eigenvalue weighted by atomic mass is 10.1. The van der Waals surface area contributed by atoms with Gasteiger partial charge in [0, 0.05) is 11.6 Å². The molecule has 0 bridgehead atoms. The highest BCUT2D eigenvalue weighted by molar-refractivity contribution is 6.30. The molecule has 1 aromatic rings. The molecule has 1 rings (SSSR count). The Balaban J connectivity index is 2.21. The number of rotatable bonds is 8. The molecule has 2 N–H and O–H groups in total. The predicted molar refractivity (Wildman–Crippen MR) is 82.4 cm³/mol. The minimum atomic E-state index is -0.520. The Morgan fingerprint density at radius 2 is 1.77 bits per heavy atom. The van der Waals surface area contributed by atoms with Crippen LogP contribution in [-0.2, 0) is 25.5 Å². The lowest BCUT2D eigenvalue weighted by molar-refractivity contribution is -0.147. The van der Waals surface area contributed by atoms with Crippen LogP contribution in [0.1, 0.15) is 18.9 Å². The Kier molecular flexibility index (Phi) is 7.99. The van der Waals surface area contributed by atoms with Crippen molar-refractivity contribution in [2.75, 3.05) is 19.7 Å². The Bertz CT molecular complexity index is 517. The summed E-state index contributed by atoms with van der Waals surface area (Å²) < 4.78 is 4.84. The van der Waals surface area contributed by atoms with Crippen molar-refractivity contribution in [3.63, 3.8) is 0 Å². The maximum Gasteiger partial charge on any atom is 0.310 e. The third-order valence-electron chi connectivity index (χ3n) is 2.64. The Labute approximate surface area is 134 Å². The number of carbonyl (C=O) groups is 3. The number of esters is 1. The Morgan fingerprint density at radius 1 is 1.09 bits per heavy atom. The van der Waals surface area contributed by atoms with Gasteiger partial charge in [-0.2, -0.15) is 0 Å². The van der Waals surface area contributed by atoms with Crippen LogP contribution < -0.4 is 10.6 Å². The number of carbonyl (C=O) groups excluding carboxylic acids is 3. The topological polar surface area (TPSA) is 84.5 Å². The van der Waals surface area contributed by atoms with Gasteiger partial charge in [0.25, 0.3) is 5.91 Å². The van der Waals surface area contributed by atoms with Gasteiger partial charge in [-0.05, 0) is 24.1 Å². The van der Waals surface area contributed by atoms with Gasteiger partial charge in [0.2, 0.25) is 5.91 Å².